The zero-order valence-electron chi connectivity index (χ0n) is 14.4. The van der Waals surface area contributed by atoms with Crippen LogP contribution in [-0.4, -0.2) is 18.4 Å². The van der Waals surface area contributed by atoms with E-state index in [1.165, 1.54) is 27.4 Å². The molecule has 0 amide bonds. The summed E-state index contributed by atoms with van der Waals surface area (Å²) in [6.45, 7) is 6.48. The molecule has 3 aromatic carbocycles. The van der Waals surface area contributed by atoms with E-state index in [1.54, 1.807) is 0 Å². The van der Waals surface area contributed by atoms with Crippen molar-refractivity contribution in [3.8, 4) is 0 Å². The van der Waals surface area contributed by atoms with Crippen molar-refractivity contribution >= 4 is 29.1 Å². The van der Waals surface area contributed by atoms with Crippen LogP contribution in [0, 0.1) is 20.8 Å². The van der Waals surface area contributed by atoms with Crippen LogP contribution in [0.3, 0.4) is 0 Å². The molecule has 0 nitrogen and oxygen atoms in total. The van der Waals surface area contributed by atoms with Crippen LogP contribution >= 0.6 is 0 Å². The van der Waals surface area contributed by atoms with Gasteiger partial charge in [-0.1, -0.05) is 0 Å². The molecule has 23 heavy (non-hydrogen) atoms. The SMILES string of the molecule is Cc1cc[c]([Sn]([CH3])([c]2ccc(C)cc2)[c]2ccc(C)cc2)cc1. The van der Waals surface area contributed by atoms with Crippen molar-refractivity contribution in [3.05, 3.63) is 89.5 Å². The second-order valence-electron chi connectivity index (χ2n) is 6.72. The maximum absolute atomic E-state index is 2.87. The van der Waals surface area contributed by atoms with Gasteiger partial charge in [0.15, 0.2) is 0 Å². The summed E-state index contributed by atoms with van der Waals surface area (Å²) in [5, 5.41) is 0. The molecule has 1 heteroatoms. The van der Waals surface area contributed by atoms with Crippen molar-refractivity contribution in [1.29, 1.82) is 0 Å². The first-order chi connectivity index (χ1) is 11.0. The molecule has 0 saturated carbocycles. The van der Waals surface area contributed by atoms with E-state index < -0.39 is 18.4 Å². The first-order valence-electron chi connectivity index (χ1n) is 8.21. The molecule has 0 aliphatic heterocycles. The number of hydrogen-bond donors (Lipinski definition) is 0. The topological polar surface area (TPSA) is 0 Å². The van der Waals surface area contributed by atoms with Crippen molar-refractivity contribution in [1.82, 2.24) is 0 Å². The van der Waals surface area contributed by atoms with Crippen LogP contribution in [0.4, 0.5) is 0 Å². The van der Waals surface area contributed by atoms with Crippen LogP contribution in [0.25, 0.3) is 0 Å². The molecule has 3 aromatic rings. The Morgan fingerprint density at radius 3 is 0.870 bits per heavy atom. The molecular formula is C22H24Sn. The monoisotopic (exact) mass is 408 g/mol. The minimum atomic E-state index is -2.87. The van der Waals surface area contributed by atoms with Crippen LogP contribution < -0.4 is 10.7 Å². The molecular weight excluding hydrogens is 383 g/mol. The van der Waals surface area contributed by atoms with E-state index in [1.807, 2.05) is 0 Å². The predicted molar refractivity (Wildman–Crippen MR) is 104 cm³/mol. The van der Waals surface area contributed by atoms with E-state index >= 15 is 0 Å². The zero-order valence-corrected chi connectivity index (χ0v) is 17.3. The molecule has 0 N–H and O–H groups in total. The summed E-state index contributed by atoms with van der Waals surface area (Å²) in [5.74, 6) is 0. The Bertz CT molecular complexity index is 670. The van der Waals surface area contributed by atoms with E-state index in [9.17, 15) is 0 Å². The third-order valence-electron chi connectivity index (χ3n) is 4.89. The Labute approximate surface area is 144 Å². The molecule has 0 unspecified atom stereocenters. The summed E-state index contributed by atoms with van der Waals surface area (Å²) in [7, 11) is 0. The van der Waals surface area contributed by atoms with E-state index in [2.05, 4.69) is 98.5 Å². The Kier molecular flexibility index (Phi) is 4.63. The van der Waals surface area contributed by atoms with Crippen LogP contribution in [0.5, 0.6) is 0 Å². The van der Waals surface area contributed by atoms with Crippen LogP contribution in [0.1, 0.15) is 16.7 Å². The van der Waals surface area contributed by atoms with Gasteiger partial charge in [0.25, 0.3) is 0 Å². The zero-order chi connectivity index (χ0) is 16.4. The minimum absolute atomic E-state index is 1.33. The predicted octanol–water partition coefficient (Wildman–Crippen LogP) is 3.71. The Morgan fingerprint density at radius 1 is 0.435 bits per heavy atom. The normalized spacial score (nSPS) is 11.5. The number of rotatable bonds is 3. The molecule has 3 rings (SSSR count). The molecule has 0 fully saturated rings. The van der Waals surface area contributed by atoms with Crippen molar-refractivity contribution in [2.75, 3.05) is 0 Å². The summed E-state index contributed by atoms with van der Waals surface area (Å²) in [4.78, 5) is 2.54. The number of aryl methyl sites for hydroxylation is 3. The second-order valence-corrected chi connectivity index (χ2v) is 18.1. The average molecular weight is 407 g/mol. The van der Waals surface area contributed by atoms with Gasteiger partial charge in [0.1, 0.15) is 0 Å². The van der Waals surface area contributed by atoms with Gasteiger partial charge in [-0.3, -0.25) is 0 Å². The third-order valence-corrected chi connectivity index (χ3v) is 17.6. The van der Waals surface area contributed by atoms with Crippen LogP contribution in [-0.2, 0) is 0 Å². The molecule has 116 valence electrons. The van der Waals surface area contributed by atoms with Gasteiger partial charge in [-0.15, -0.1) is 0 Å². The molecule has 0 aliphatic carbocycles. The standard InChI is InChI=1S/3C7H7.CH3.Sn/c3*1-7-5-3-2-4-6-7;;/h3*3-6H,1H3;1H3;. The fraction of sp³-hybridized carbons (Fsp3) is 0.182. The van der Waals surface area contributed by atoms with Gasteiger partial charge in [-0.05, 0) is 0 Å². The molecule has 0 heterocycles. The number of benzene rings is 3. The van der Waals surface area contributed by atoms with Gasteiger partial charge >= 0.3 is 144 Å². The molecule has 0 aliphatic rings. The van der Waals surface area contributed by atoms with E-state index in [4.69, 9.17) is 0 Å². The number of hydrogen-bond acceptors (Lipinski definition) is 0. The Morgan fingerprint density at radius 2 is 0.652 bits per heavy atom. The Balaban J connectivity index is 2.21. The summed E-state index contributed by atoms with van der Waals surface area (Å²) in [5.41, 5.74) is 3.99. The average Bonchev–Trinajstić information content (AvgIpc) is 2.56. The van der Waals surface area contributed by atoms with E-state index in [0.717, 1.165) is 0 Å². The first kappa shape index (κ1) is 16.3. The molecule has 0 spiro atoms. The molecule has 0 saturated heterocycles. The van der Waals surface area contributed by atoms with Gasteiger partial charge in [0, 0.05) is 0 Å². The van der Waals surface area contributed by atoms with Crippen LogP contribution in [0.2, 0.25) is 4.94 Å². The van der Waals surface area contributed by atoms with Crippen molar-refractivity contribution in [2.24, 2.45) is 0 Å². The molecule has 0 aromatic heterocycles. The van der Waals surface area contributed by atoms with Gasteiger partial charge < -0.3 is 0 Å². The molecule has 0 radical (unpaired) electrons. The van der Waals surface area contributed by atoms with Gasteiger partial charge in [0.05, 0.1) is 0 Å². The first-order valence-corrected chi connectivity index (χ1v) is 15.3. The summed E-state index contributed by atoms with van der Waals surface area (Å²) >= 11 is -2.87. The Hall–Kier alpha value is -1.54. The van der Waals surface area contributed by atoms with Crippen molar-refractivity contribution < 1.29 is 0 Å². The fourth-order valence-electron chi connectivity index (χ4n) is 3.16. The van der Waals surface area contributed by atoms with Gasteiger partial charge in [-0.2, -0.15) is 0 Å². The quantitative estimate of drug-likeness (QED) is 0.581. The maximum atomic E-state index is 2.54. The van der Waals surface area contributed by atoms with Gasteiger partial charge in [0.2, 0.25) is 0 Å². The third kappa shape index (κ3) is 3.23. The molecule has 0 bridgehead atoms. The summed E-state index contributed by atoms with van der Waals surface area (Å²) in [6, 6.07) is 27.7. The summed E-state index contributed by atoms with van der Waals surface area (Å²) < 4.78 is 4.62. The second kappa shape index (κ2) is 6.52. The summed E-state index contributed by atoms with van der Waals surface area (Å²) in [6.07, 6.45) is 0. The van der Waals surface area contributed by atoms with Crippen molar-refractivity contribution in [2.45, 2.75) is 25.7 Å². The fourth-order valence-corrected chi connectivity index (χ4v) is 13.2. The molecule has 0 atom stereocenters. The van der Waals surface area contributed by atoms with E-state index in [0.29, 0.717) is 0 Å². The van der Waals surface area contributed by atoms with E-state index in [-0.39, 0.29) is 0 Å². The van der Waals surface area contributed by atoms with Crippen LogP contribution in [0.15, 0.2) is 72.8 Å². The van der Waals surface area contributed by atoms with Crippen molar-refractivity contribution in [3.63, 3.8) is 0 Å². The van der Waals surface area contributed by atoms with Gasteiger partial charge in [-0.25, -0.2) is 0 Å².